The van der Waals surface area contributed by atoms with Gasteiger partial charge in [0.1, 0.15) is 5.82 Å². The number of carbonyl (C=O) groups excluding carboxylic acids is 2. The summed E-state index contributed by atoms with van der Waals surface area (Å²) in [7, 11) is 0. The largest absolute Gasteiger partial charge is 0.395 e. The lowest BCUT2D eigenvalue weighted by Gasteiger charge is -2.17. The average Bonchev–Trinajstić information content (AvgIpc) is 2.90. The highest BCUT2D eigenvalue weighted by Crippen LogP contribution is 2.24. The highest BCUT2D eigenvalue weighted by molar-refractivity contribution is 6.21. The molecule has 1 aliphatic rings. The molecule has 1 N–H and O–H groups in total. The SMILES string of the molecule is O=C1c2ccccc2C(=O)N1Cc1nc2ccccc2c(=O)n1CCO. The van der Waals surface area contributed by atoms with Crippen molar-refractivity contribution in [3.8, 4) is 0 Å². The molecule has 2 aromatic carbocycles. The summed E-state index contributed by atoms with van der Waals surface area (Å²) >= 11 is 0. The van der Waals surface area contributed by atoms with Gasteiger partial charge in [0.05, 0.1) is 41.7 Å². The maximum Gasteiger partial charge on any atom is 0.261 e. The number of amides is 2. The van der Waals surface area contributed by atoms with Gasteiger partial charge in [-0.05, 0) is 24.3 Å². The van der Waals surface area contributed by atoms with Crippen molar-refractivity contribution in [2.75, 3.05) is 6.61 Å². The van der Waals surface area contributed by atoms with Gasteiger partial charge >= 0.3 is 0 Å². The molecule has 0 spiro atoms. The summed E-state index contributed by atoms with van der Waals surface area (Å²) in [6, 6.07) is 13.5. The second-order valence-corrected chi connectivity index (χ2v) is 5.97. The maximum absolute atomic E-state index is 12.7. The highest BCUT2D eigenvalue weighted by atomic mass is 16.3. The monoisotopic (exact) mass is 349 g/mol. The van der Waals surface area contributed by atoms with Crippen molar-refractivity contribution in [2.45, 2.75) is 13.1 Å². The molecule has 0 fully saturated rings. The van der Waals surface area contributed by atoms with Gasteiger partial charge in [-0.25, -0.2) is 4.98 Å². The lowest BCUT2D eigenvalue weighted by Crippen LogP contribution is -2.34. The fourth-order valence-electron chi connectivity index (χ4n) is 3.19. The van der Waals surface area contributed by atoms with Gasteiger partial charge in [0.25, 0.3) is 17.4 Å². The molecule has 0 saturated heterocycles. The molecule has 1 aromatic heterocycles. The predicted molar refractivity (Wildman–Crippen MR) is 93.7 cm³/mol. The Kier molecular flexibility index (Phi) is 3.85. The summed E-state index contributed by atoms with van der Waals surface area (Å²) in [5.41, 5.74) is 0.859. The van der Waals surface area contributed by atoms with E-state index in [2.05, 4.69) is 4.98 Å². The van der Waals surface area contributed by atoms with E-state index >= 15 is 0 Å². The van der Waals surface area contributed by atoms with Crippen LogP contribution in [0.5, 0.6) is 0 Å². The Morgan fingerprint density at radius 1 is 0.885 bits per heavy atom. The summed E-state index contributed by atoms with van der Waals surface area (Å²) in [6.07, 6.45) is 0. The zero-order chi connectivity index (χ0) is 18.3. The van der Waals surface area contributed by atoms with Crippen LogP contribution in [0.2, 0.25) is 0 Å². The van der Waals surface area contributed by atoms with Crippen LogP contribution in [-0.4, -0.2) is 38.0 Å². The Bertz CT molecular complexity index is 1070. The first-order valence-corrected chi connectivity index (χ1v) is 8.16. The number of fused-ring (bicyclic) bond motifs is 2. The van der Waals surface area contributed by atoms with E-state index in [0.717, 1.165) is 4.90 Å². The summed E-state index contributed by atoms with van der Waals surface area (Å²) in [5.74, 6) is -0.565. The molecular weight excluding hydrogens is 334 g/mol. The molecule has 1 aliphatic heterocycles. The molecular formula is C19H15N3O4. The number of benzene rings is 2. The van der Waals surface area contributed by atoms with E-state index in [4.69, 9.17) is 0 Å². The van der Waals surface area contributed by atoms with Gasteiger partial charge in [0, 0.05) is 0 Å². The first-order valence-electron chi connectivity index (χ1n) is 8.16. The minimum absolute atomic E-state index is 0.0369. The van der Waals surface area contributed by atoms with Gasteiger partial charge in [0.15, 0.2) is 0 Å². The number of hydrogen-bond donors (Lipinski definition) is 1. The van der Waals surface area contributed by atoms with Crippen molar-refractivity contribution < 1.29 is 14.7 Å². The number of hydrogen-bond acceptors (Lipinski definition) is 5. The molecule has 26 heavy (non-hydrogen) atoms. The van der Waals surface area contributed by atoms with Gasteiger partial charge in [0.2, 0.25) is 0 Å². The number of para-hydroxylation sites is 1. The first kappa shape index (κ1) is 16.2. The van der Waals surface area contributed by atoms with E-state index in [9.17, 15) is 19.5 Å². The van der Waals surface area contributed by atoms with Crippen LogP contribution in [-0.2, 0) is 13.1 Å². The molecule has 0 radical (unpaired) electrons. The smallest absolute Gasteiger partial charge is 0.261 e. The number of aliphatic hydroxyl groups is 1. The lowest BCUT2D eigenvalue weighted by atomic mass is 10.1. The zero-order valence-electron chi connectivity index (χ0n) is 13.8. The molecule has 0 aliphatic carbocycles. The number of carbonyl (C=O) groups is 2. The van der Waals surface area contributed by atoms with Crippen molar-refractivity contribution >= 4 is 22.7 Å². The van der Waals surface area contributed by atoms with Gasteiger partial charge in [-0.2, -0.15) is 0 Å². The second-order valence-electron chi connectivity index (χ2n) is 5.97. The molecule has 0 unspecified atom stereocenters. The third-order valence-corrected chi connectivity index (χ3v) is 4.44. The van der Waals surface area contributed by atoms with Crippen LogP contribution in [0.4, 0.5) is 0 Å². The van der Waals surface area contributed by atoms with Crippen LogP contribution in [0.15, 0.2) is 53.3 Å². The van der Waals surface area contributed by atoms with E-state index in [1.54, 1.807) is 48.5 Å². The Morgan fingerprint density at radius 2 is 1.50 bits per heavy atom. The van der Waals surface area contributed by atoms with Crippen LogP contribution < -0.4 is 5.56 Å². The van der Waals surface area contributed by atoms with Gasteiger partial charge in [-0.1, -0.05) is 24.3 Å². The van der Waals surface area contributed by atoms with Crippen molar-refractivity contribution in [1.29, 1.82) is 0 Å². The zero-order valence-corrected chi connectivity index (χ0v) is 13.8. The van der Waals surface area contributed by atoms with Gasteiger partial charge < -0.3 is 5.11 Å². The van der Waals surface area contributed by atoms with Crippen LogP contribution in [0.3, 0.4) is 0 Å². The first-order chi connectivity index (χ1) is 12.6. The summed E-state index contributed by atoms with van der Waals surface area (Å²) in [4.78, 5) is 43.4. The molecule has 0 atom stereocenters. The molecule has 130 valence electrons. The van der Waals surface area contributed by atoms with Gasteiger partial charge in [-0.15, -0.1) is 0 Å². The van der Waals surface area contributed by atoms with E-state index in [1.807, 2.05) is 0 Å². The number of rotatable bonds is 4. The number of aromatic nitrogens is 2. The van der Waals surface area contributed by atoms with Crippen LogP contribution in [0.1, 0.15) is 26.5 Å². The molecule has 7 nitrogen and oxygen atoms in total. The number of aliphatic hydroxyl groups excluding tert-OH is 1. The standard InChI is InChI=1S/C19H15N3O4/c23-10-9-21-16(20-15-8-4-3-7-14(15)19(21)26)11-22-17(24)12-5-1-2-6-13(12)18(22)25/h1-8,23H,9-11H2. The third-order valence-electron chi connectivity index (χ3n) is 4.44. The molecule has 0 saturated carbocycles. The summed E-state index contributed by atoms with van der Waals surface area (Å²) in [5, 5.41) is 9.74. The van der Waals surface area contributed by atoms with Crippen molar-refractivity contribution in [3.63, 3.8) is 0 Å². The van der Waals surface area contributed by atoms with Crippen molar-refractivity contribution in [3.05, 3.63) is 75.8 Å². The topological polar surface area (TPSA) is 92.5 Å². The molecule has 3 aromatic rings. The Hall–Kier alpha value is -3.32. The minimum atomic E-state index is -0.413. The van der Waals surface area contributed by atoms with Crippen LogP contribution >= 0.6 is 0 Å². The van der Waals surface area contributed by atoms with E-state index in [1.165, 1.54) is 4.57 Å². The molecule has 2 heterocycles. The lowest BCUT2D eigenvalue weighted by molar-refractivity contribution is 0.0635. The Balaban J connectivity index is 1.81. The fraction of sp³-hybridized carbons (Fsp3) is 0.158. The fourth-order valence-corrected chi connectivity index (χ4v) is 3.19. The van der Waals surface area contributed by atoms with Crippen molar-refractivity contribution in [1.82, 2.24) is 14.5 Å². The number of imide groups is 1. The Labute approximate surface area is 148 Å². The van der Waals surface area contributed by atoms with Gasteiger partial charge in [-0.3, -0.25) is 23.9 Å². The van der Waals surface area contributed by atoms with Crippen molar-refractivity contribution in [2.24, 2.45) is 0 Å². The van der Waals surface area contributed by atoms with E-state index in [-0.39, 0.29) is 31.1 Å². The average molecular weight is 349 g/mol. The highest BCUT2D eigenvalue weighted by Gasteiger charge is 2.35. The Morgan fingerprint density at radius 3 is 2.15 bits per heavy atom. The molecule has 7 heteroatoms. The second kappa shape index (κ2) is 6.20. The molecule has 4 rings (SSSR count). The summed E-state index contributed by atoms with van der Waals surface area (Å²) in [6.45, 7) is -0.351. The molecule has 2 amide bonds. The third kappa shape index (κ3) is 2.41. The quantitative estimate of drug-likeness (QED) is 0.714. The normalized spacial score (nSPS) is 13.5. The predicted octanol–water partition coefficient (Wildman–Crippen LogP) is 1.18. The summed E-state index contributed by atoms with van der Waals surface area (Å²) < 4.78 is 1.31. The van der Waals surface area contributed by atoms with Crippen LogP contribution in [0, 0.1) is 0 Å². The van der Waals surface area contributed by atoms with Crippen LogP contribution in [0.25, 0.3) is 10.9 Å². The minimum Gasteiger partial charge on any atom is -0.395 e. The molecule has 0 bridgehead atoms. The van der Waals surface area contributed by atoms with E-state index < -0.39 is 11.8 Å². The maximum atomic E-state index is 12.7. The van der Waals surface area contributed by atoms with E-state index in [0.29, 0.717) is 22.0 Å². The number of nitrogens with zero attached hydrogens (tertiary/aromatic N) is 3.